The lowest BCUT2D eigenvalue weighted by Crippen LogP contribution is -2.48. The summed E-state index contributed by atoms with van der Waals surface area (Å²) in [5.41, 5.74) is 2.80. The fraction of sp³-hybridized carbons (Fsp3) is 0.233. The van der Waals surface area contributed by atoms with Crippen molar-refractivity contribution in [3.63, 3.8) is 0 Å². The highest BCUT2D eigenvalue weighted by molar-refractivity contribution is 6.31. The van der Waals surface area contributed by atoms with Crippen molar-refractivity contribution >= 4 is 46.7 Å². The Balaban J connectivity index is 1.71. The molecular formula is C30H30ClFN4O4. The van der Waals surface area contributed by atoms with Gasteiger partial charge in [0, 0.05) is 17.9 Å². The van der Waals surface area contributed by atoms with Crippen LogP contribution in [-0.4, -0.2) is 36.1 Å². The molecule has 3 N–H and O–H groups in total. The van der Waals surface area contributed by atoms with Crippen LogP contribution in [0.25, 0.3) is 5.70 Å². The largest absolute Gasteiger partial charge is 0.463 e. The number of hydrogen-bond donors (Lipinski definition) is 3. The number of carbonyl (C=O) groups is 3. The van der Waals surface area contributed by atoms with Crippen molar-refractivity contribution in [3.8, 4) is 0 Å². The third-order valence-corrected chi connectivity index (χ3v) is 6.55. The van der Waals surface area contributed by atoms with Crippen LogP contribution in [0.2, 0.25) is 5.02 Å². The molecule has 0 saturated heterocycles. The Morgan fingerprint density at radius 2 is 1.73 bits per heavy atom. The monoisotopic (exact) mass is 564 g/mol. The van der Waals surface area contributed by atoms with E-state index in [1.165, 1.54) is 12.1 Å². The van der Waals surface area contributed by atoms with Crippen LogP contribution in [0.3, 0.4) is 0 Å². The second-order valence-corrected chi connectivity index (χ2v) is 9.48. The number of benzene rings is 3. The minimum atomic E-state index is -0.833. The van der Waals surface area contributed by atoms with Crippen LogP contribution in [0.15, 0.2) is 78.4 Å². The Bertz CT molecular complexity index is 1430. The zero-order valence-electron chi connectivity index (χ0n) is 22.2. The molecule has 1 aliphatic rings. The van der Waals surface area contributed by atoms with Gasteiger partial charge in [-0.15, -0.1) is 0 Å². The summed E-state index contributed by atoms with van der Waals surface area (Å²) in [5.74, 6) is -1.14. The SMILES string of the molecule is CCCCN1C(=O)NC(c2cccc(NC(=O)Nc3ccc(F)c(Cl)c3)c2)C(C(=O)OCC)=C1c1ccccc1. The zero-order valence-corrected chi connectivity index (χ0v) is 22.9. The molecule has 1 aliphatic heterocycles. The van der Waals surface area contributed by atoms with E-state index in [0.717, 1.165) is 18.9 Å². The number of esters is 1. The molecular weight excluding hydrogens is 535 g/mol. The van der Waals surface area contributed by atoms with E-state index in [0.29, 0.717) is 40.3 Å². The third-order valence-electron chi connectivity index (χ3n) is 6.26. The summed E-state index contributed by atoms with van der Waals surface area (Å²) in [5, 5.41) is 8.17. The van der Waals surface area contributed by atoms with E-state index in [4.69, 9.17) is 16.3 Å². The van der Waals surface area contributed by atoms with E-state index in [9.17, 15) is 18.8 Å². The minimum absolute atomic E-state index is 0.117. The van der Waals surface area contributed by atoms with E-state index >= 15 is 0 Å². The van der Waals surface area contributed by atoms with Crippen molar-refractivity contribution in [1.82, 2.24) is 10.2 Å². The first-order chi connectivity index (χ1) is 19.3. The van der Waals surface area contributed by atoms with E-state index < -0.39 is 23.9 Å². The standard InChI is InChI=1S/C30H30ClFN4O4/c1-3-5-16-36-27(19-10-7-6-8-11-19)25(28(37)40-4-2)26(35-30(36)39)20-12-9-13-21(17-20)33-29(38)34-22-14-15-24(32)23(31)18-22/h6-15,17-18,26H,3-5,16H2,1-2H3,(H,35,39)(H2,33,34,38). The maximum Gasteiger partial charge on any atom is 0.338 e. The highest BCUT2D eigenvalue weighted by Crippen LogP contribution is 2.37. The van der Waals surface area contributed by atoms with Crippen molar-refractivity contribution in [1.29, 1.82) is 0 Å². The average Bonchev–Trinajstić information content (AvgIpc) is 2.94. The molecule has 1 heterocycles. The molecule has 4 amide bonds. The highest BCUT2D eigenvalue weighted by atomic mass is 35.5. The minimum Gasteiger partial charge on any atom is -0.463 e. The van der Waals surface area contributed by atoms with Gasteiger partial charge < -0.3 is 20.7 Å². The summed E-state index contributed by atoms with van der Waals surface area (Å²) >= 11 is 5.81. The Hall–Kier alpha value is -4.37. The zero-order chi connectivity index (χ0) is 28.6. The number of hydrogen-bond acceptors (Lipinski definition) is 4. The van der Waals surface area contributed by atoms with Crippen molar-refractivity contribution in [2.75, 3.05) is 23.8 Å². The van der Waals surface area contributed by atoms with Crippen LogP contribution in [-0.2, 0) is 9.53 Å². The van der Waals surface area contributed by atoms with Crippen LogP contribution in [0.1, 0.15) is 43.9 Å². The molecule has 0 aliphatic carbocycles. The Labute approximate surface area is 237 Å². The van der Waals surface area contributed by atoms with Crippen molar-refractivity contribution in [3.05, 3.63) is 100 Å². The second-order valence-electron chi connectivity index (χ2n) is 9.07. The van der Waals surface area contributed by atoms with Gasteiger partial charge in [-0.3, -0.25) is 4.90 Å². The number of nitrogens with one attached hydrogen (secondary N) is 3. The predicted molar refractivity (Wildman–Crippen MR) is 153 cm³/mol. The first kappa shape index (κ1) is 28.6. The summed E-state index contributed by atoms with van der Waals surface area (Å²) in [6.07, 6.45) is 1.61. The van der Waals surface area contributed by atoms with Gasteiger partial charge in [-0.1, -0.05) is 67.4 Å². The number of amides is 4. The second kappa shape index (κ2) is 13.1. The Kier molecular flexibility index (Phi) is 9.39. The molecule has 1 atom stereocenters. The fourth-order valence-electron chi connectivity index (χ4n) is 4.43. The van der Waals surface area contributed by atoms with Crippen LogP contribution in [0, 0.1) is 5.82 Å². The molecule has 40 heavy (non-hydrogen) atoms. The highest BCUT2D eigenvalue weighted by Gasteiger charge is 2.38. The van der Waals surface area contributed by atoms with Crippen LogP contribution in [0.5, 0.6) is 0 Å². The van der Waals surface area contributed by atoms with Crippen LogP contribution in [0.4, 0.5) is 25.4 Å². The molecule has 0 radical (unpaired) electrons. The van der Waals surface area contributed by atoms with Gasteiger partial charge in [-0.05, 0) is 54.8 Å². The molecule has 1 unspecified atom stereocenters. The molecule has 4 rings (SSSR count). The number of halogens is 2. The van der Waals surface area contributed by atoms with Gasteiger partial charge in [0.1, 0.15) is 5.82 Å². The van der Waals surface area contributed by atoms with Gasteiger partial charge in [0.15, 0.2) is 0 Å². The lowest BCUT2D eigenvalue weighted by molar-refractivity contribution is -0.138. The third kappa shape index (κ3) is 6.60. The molecule has 3 aromatic carbocycles. The summed E-state index contributed by atoms with van der Waals surface area (Å²) in [6, 6.07) is 18.2. The molecule has 0 saturated carbocycles. The summed E-state index contributed by atoms with van der Waals surface area (Å²) < 4.78 is 18.9. The maximum absolute atomic E-state index is 13.5. The van der Waals surface area contributed by atoms with E-state index in [1.807, 2.05) is 37.3 Å². The normalized spacial score (nSPS) is 14.9. The Morgan fingerprint density at radius 1 is 1.00 bits per heavy atom. The lowest BCUT2D eigenvalue weighted by atomic mass is 9.91. The van der Waals surface area contributed by atoms with E-state index in [2.05, 4.69) is 16.0 Å². The Morgan fingerprint density at radius 3 is 2.40 bits per heavy atom. The first-order valence-electron chi connectivity index (χ1n) is 13.0. The van der Waals surface area contributed by atoms with Gasteiger partial charge in [0.25, 0.3) is 0 Å². The number of unbranched alkanes of at least 4 members (excludes halogenated alkanes) is 1. The van der Waals surface area contributed by atoms with Gasteiger partial charge >= 0.3 is 18.0 Å². The summed E-state index contributed by atoms with van der Waals surface area (Å²) in [7, 11) is 0. The van der Waals surface area contributed by atoms with Crippen LogP contribution < -0.4 is 16.0 Å². The smallest absolute Gasteiger partial charge is 0.338 e. The lowest BCUT2D eigenvalue weighted by Gasteiger charge is -2.37. The van der Waals surface area contributed by atoms with Gasteiger partial charge in [-0.25, -0.2) is 18.8 Å². The molecule has 8 nitrogen and oxygen atoms in total. The number of urea groups is 2. The maximum atomic E-state index is 13.5. The molecule has 3 aromatic rings. The fourth-order valence-corrected chi connectivity index (χ4v) is 4.61. The number of anilines is 2. The molecule has 0 fully saturated rings. The molecule has 0 bridgehead atoms. The molecule has 0 spiro atoms. The van der Waals surface area contributed by atoms with Gasteiger partial charge in [0.2, 0.25) is 0 Å². The predicted octanol–water partition coefficient (Wildman–Crippen LogP) is 6.96. The number of nitrogens with zero attached hydrogens (tertiary/aromatic N) is 1. The molecule has 0 aromatic heterocycles. The van der Waals surface area contributed by atoms with E-state index in [-0.39, 0.29) is 17.7 Å². The quantitative estimate of drug-likeness (QED) is 0.244. The number of carbonyl (C=O) groups excluding carboxylic acids is 3. The number of ether oxygens (including phenoxy) is 1. The van der Waals surface area contributed by atoms with Gasteiger partial charge in [0.05, 0.1) is 28.9 Å². The average molecular weight is 565 g/mol. The van der Waals surface area contributed by atoms with Crippen molar-refractivity contribution in [2.45, 2.75) is 32.7 Å². The first-order valence-corrected chi connectivity index (χ1v) is 13.4. The van der Waals surface area contributed by atoms with Gasteiger partial charge in [-0.2, -0.15) is 0 Å². The topological polar surface area (TPSA) is 99.8 Å². The number of rotatable bonds is 9. The molecule has 208 valence electrons. The van der Waals surface area contributed by atoms with Crippen molar-refractivity contribution in [2.24, 2.45) is 0 Å². The van der Waals surface area contributed by atoms with E-state index in [1.54, 1.807) is 36.1 Å². The van der Waals surface area contributed by atoms with Crippen LogP contribution >= 0.6 is 11.6 Å². The van der Waals surface area contributed by atoms with Crippen molar-refractivity contribution < 1.29 is 23.5 Å². The molecule has 10 heteroatoms. The summed E-state index contributed by atoms with van der Waals surface area (Å²) in [6.45, 7) is 4.35. The summed E-state index contributed by atoms with van der Waals surface area (Å²) in [4.78, 5) is 41.1.